The van der Waals surface area contributed by atoms with E-state index >= 15 is 0 Å². The Morgan fingerprint density at radius 3 is 2.21 bits per heavy atom. The summed E-state index contributed by atoms with van der Waals surface area (Å²) in [6.07, 6.45) is 8.93. The third kappa shape index (κ3) is 5.78. The molecule has 2 unspecified atom stereocenters. The molecule has 138 valence electrons. The summed E-state index contributed by atoms with van der Waals surface area (Å²) in [5, 5.41) is 3.08. The molecule has 0 aromatic heterocycles. The SMILES string of the molecule is CC1CC1C[C@@H](C(=O)NC(C)(C)C)[C@H](CCC1CCCC1)C(N)=O. The number of amides is 2. The van der Waals surface area contributed by atoms with E-state index in [4.69, 9.17) is 5.73 Å². The highest BCUT2D eigenvalue weighted by molar-refractivity contribution is 5.87. The van der Waals surface area contributed by atoms with Gasteiger partial charge in [0.15, 0.2) is 0 Å². The van der Waals surface area contributed by atoms with E-state index in [0.717, 1.165) is 25.2 Å². The van der Waals surface area contributed by atoms with Crippen LogP contribution in [0, 0.1) is 29.6 Å². The van der Waals surface area contributed by atoms with Crippen molar-refractivity contribution in [2.45, 2.75) is 84.6 Å². The van der Waals surface area contributed by atoms with Gasteiger partial charge in [0.25, 0.3) is 0 Å². The number of carbonyl (C=O) groups is 2. The summed E-state index contributed by atoms with van der Waals surface area (Å²) >= 11 is 0. The molecule has 0 heterocycles. The molecule has 0 bridgehead atoms. The van der Waals surface area contributed by atoms with Gasteiger partial charge in [0.2, 0.25) is 11.8 Å². The quantitative estimate of drug-likeness (QED) is 0.710. The highest BCUT2D eigenvalue weighted by atomic mass is 16.2. The summed E-state index contributed by atoms with van der Waals surface area (Å²) in [6, 6.07) is 0. The van der Waals surface area contributed by atoms with Crippen LogP contribution in [0.15, 0.2) is 0 Å². The van der Waals surface area contributed by atoms with Crippen LogP contribution in [0.3, 0.4) is 0 Å². The van der Waals surface area contributed by atoms with E-state index in [9.17, 15) is 9.59 Å². The lowest BCUT2D eigenvalue weighted by molar-refractivity contribution is -0.135. The average Bonchev–Trinajstić information content (AvgIpc) is 2.93. The standard InChI is InChI=1S/C20H36N2O2/c1-13-11-15(13)12-17(19(24)22-20(2,3)4)16(18(21)23)10-9-14-7-5-6-8-14/h13-17H,5-12H2,1-4H3,(H2,21,23)(H,22,24)/t13?,15?,16-,17+/m0/s1. The molecule has 0 aromatic rings. The van der Waals surface area contributed by atoms with E-state index in [-0.39, 0.29) is 29.2 Å². The van der Waals surface area contributed by atoms with Gasteiger partial charge in [0, 0.05) is 17.4 Å². The maximum Gasteiger partial charge on any atom is 0.224 e. The van der Waals surface area contributed by atoms with Crippen LogP contribution in [0.2, 0.25) is 0 Å². The number of hydrogen-bond acceptors (Lipinski definition) is 2. The molecule has 0 radical (unpaired) electrons. The fourth-order valence-corrected chi connectivity index (χ4v) is 4.23. The van der Waals surface area contributed by atoms with Gasteiger partial charge >= 0.3 is 0 Å². The van der Waals surface area contributed by atoms with Crippen molar-refractivity contribution in [3.63, 3.8) is 0 Å². The van der Waals surface area contributed by atoms with Crippen molar-refractivity contribution < 1.29 is 9.59 Å². The summed E-state index contributed by atoms with van der Waals surface area (Å²) in [6.45, 7) is 8.18. The number of nitrogens with two attached hydrogens (primary N) is 1. The second kappa shape index (κ2) is 7.88. The van der Waals surface area contributed by atoms with E-state index in [0.29, 0.717) is 11.8 Å². The van der Waals surface area contributed by atoms with Crippen molar-refractivity contribution in [3.8, 4) is 0 Å². The predicted molar refractivity (Wildman–Crippen MR) is 97.2 cm³/mol. The largest absolute Gasteiger partial charge is 0.369 e. The van der Waals surface area contributed by atoms with Gasteiger partial charge in [-0.2, -0.15) is 0 Å². The summed E-state index contributed by atoms with van der Waals surface area (Å²) in [5.41, 5.74) is 5.46. The number of hydrogen-bond donors (Lipinski definition) is 2. The highest BCUT2D eigenvalue weighted by Crippen LogP contribution is 2.44. The van der Waals surface area contributed by atoms with E-state index in [1.807, 2.05) is 20.8 Å². The van der Waals surface area contributed by atoms with Crippen molar-refractivity contribution in [2.75, 3.05) is 0 Å². The third-order valence-electron chi connectivity index (χ3n) is 5.88. The lowest BCUT2D eigenvalue weighted by Gasteiger charge is -2.29. The molecule has 4 heteroatoms. The molecular formula is C20H36N2O2. The third-order valence-corrected chi connectivity index (χ3v) is 5.88. The van der Waals surface area contributed by atoms with Crippen LogP contribution >= 0.6 is 0 Å². The van der Waals surface area contributed by atoms with Crippen LogP contribution in [-0.2, 0) is 9.59 Å². The van der Waals surface area contributed by atoms with Crippen LogP contribution in [0.4, 0.5) is 0 Å². The molecule has 2 saturated carbocycles. The fourth-order valence-electron chi connectivity index (χ4n) is 4.23. The minimum Gasteiger partial charge on any atom is -0.369 e. The predicted octanol–water partition coefficient (Wildman–Crippen LogP) is 3.64. The molecule has 4 atom stereocenters. The number of nitrogens with one attached hydrogen (secondary N) is 1. The first-order valence-corrected chi connectivity index (χ1v) is 9.78. The first-order chi connectivity index (χ1) is 11.2. The number of carbonyl (C=O) groups excluding carboxylic acids is 2. The van der Waals surface area contributed by atoms with Crippen LogP contribution < -0.4 is 11.1 Å². The second-order valence-electron chi connectivity index (χ2n) is 9.29. The molecule has 0 aliphatic heterocycles. The zero-order chi connectivity index (χ0) is 17.9. The molecule has 0 spiro atoms. The topological polar surface area (TPSA) is 72.2 Å². The Morgan fingerprint density at radius 1 is 1.17 bits per heavy atom. The van der Waals surface area contributed by atoms with Crippen molar-refractivity contribution >= 4 is 11.8 Å². The Balaban J connectivity index is 2.04. The van der Waals surface area contributed by atoms with Crippen molar-refractivity contribution in [3.05, 3.63) is 0 Å². The number of rotatable bonds is 8. The molecule has 2 rings (SSSR count). The van der Waals surface area contributed by atoms with Crippen molar-refractivity contribution in [2.24, 2.45) is 35.3 Å². The van der Waals surface area contributed by atoms with Gasteiger partial charge in [0.1, 0.15) is 0 Å². The Labute approximate surface area is 147 Å². The van der Waals surface area contributed by atoms with Crippen molar-refractivity contribution in [1.82, 2.24) is 5.32 Å². The zero-order valence-corrected chi connectivity index (χ0v) is 15.9. The molecule has 24 heavy (non-hydrogen) atoms. The first-order valence-electron chi connectivity index (χ1n) is 9.78. The lowest BCUT2D eigenvalue weighted by atomic mass is 9.80. The van der Waals surface area contributed by atoms with Gasteiger partial charge in [-0.1, -0.05) is 32.6 Å². The first kappa shape index (κ1) is 19.3. The van der Waals surface area contributed by atoms with Gasteiger partial charge < -0.3 is 11.1 Å². The minimum absolute atomic E-state index is 0.0109. The van der Waals surface area contributed by atoms with Crippen LogP contribution in [0.25, 0.3) is 0 Å². The Hall–Kier alpha value is -1.06. The van der Waals surface area contributed by atoms with E-state index in [1.165, 1.54) is 32.1 Å². The molecule has 2 aliphatic carbocycles. The molecule has 3 N–H and O–H groups in total. The molecule has 2 amide bonds. The monoisotopic (exact) mass is 336 g/mol. The summed E-state index contributed by atoms with van der Waals surface area (Å²) in [4.78, 5) is 25.0. The van der Waals surface area contributed by atoms with Crippen molar-refractivity contribution in [1.29, 1.82) is 0 Å². The van der Waals surface area contributed by atoms with Gasteiger partial charge in [-0.3, -0.25) is 9.59 Å². The molecule has 2 aliphatic rings. The van der Waals surface area contributed by atoms with Crippen LogP contribution in [-0.4, -0.2) is 17.4 Å². The van der Waals surface area contributed by atoms with E-state index in [2.05, 4.69) is 12.2 Å². The van der Waals surface area contributed by atoms with Crippen LogP contribution in [0.5, 0.6) is 0 Å². The summed E-state index contributed by atoms with van der Waals surface area (Å²) in [5.74, 6) is 1.11. The Morgan fingerprint density at radius 2 is 1.75 bits per heavy atom. The molecule has 2 fully saturated rings. The Kier molecular flexibility index (Phi) is 6.33. The normalized spacial score (nSPS) is 26.8. The van der Waals surface area contributed by atoms with E-state index in [1.54, 1.807) is 0 Å². The van der Waals surface area contributed by atoms with Gasteiger partial charge in [-0.15, -0.1) is 0 Å². The lowest BCUT2D eigenvalue weighted by Crippen LogP contribution is -2.47. The maximum absolute atomic E-state index is 12.9. The average molecular weight is 337 g/mol. The second-order valence-corrected chi connectivity index (χ2v) is 9.29. The molecule has 0 aromatic carbocycles. The fraction of sp³-hybridized carbons (Fsp3) is 0.900. The highest BCUT2D eigenvalue weighted by Gasteiger charge is 2.41. The zero-order valence-electron chi connectivity index (χ0n) is 15.9. The molecular weight excluding hydrogens is 300 g/mol. The minimum atomic E-state index is -0.319. The van der Waals surface area contributed by atoms with Gasteiger partial charge in [-0.05, 0) is 64.2 Å². The summed E-state index contributed by atoms with van der Waals surface area (Å²) in [7, 11) is 0. The molecule has 0 saturated heterocycles. The van der Waals surface area contributed by atoms with Gasteiger partial charge in [0.05, 0.1) is 0 Å². The molecule has 4 nitrogen and oxygen atoms in total. The van der Waals surface area contributed by atoms with Crippen LogP contribution in [0.1, 0.15) is 79.1 Å². The smallest absolute Gasteiger partial charge is 0.224 e. The van der Waals surface area contributed by atoms with E-state index < -0.39 is 0 Å². The maximum atomic E-state index is 12.9. The van der Waals surface area contributed by atoms with Gasteiger partial charge in [-0.25, -0.2) is 0 Å². The number of primary amides is 1. The summed E-state index contributed by atoms with van der Waals surface area (Å²) < 4.78 is 0. The Bertz CT molecular complexity index is 449.